The molecule has 0 aliphatic carbocycles. The van der Waals surface area contributed by atoms with Crippen molar-refractivity contribution in [3.63, 3.8) is 0 Å². The van der Waals surface area contributed by atoms with Crippen LogP contribution in [0.25, 0.3) is 0 Å². The molecule has 3 heteroatoms. The molecule has 0 spiro atoms. The van der Waals surface area contributed by atoms with Gasteiger partial charge in [0.05, 0.1) is 6.61 Å². The van der Waals surface area contributed by atoms with Crippen molar-refractivity contribution in [2.75, 3.05) is 24.6 Å². The van der Waals surface area contributed by atoms with Crippen molar-refractivity contribution in [2.24, 2.45) is 5.92 Å². The number of nitrogens with zero attached hydrogens (tertiary/aromatic N) is 1. The van der Waals surface area contributed by atoms with E-state index in [4.69, 9.17) is 4.74 Å². The minimum Gasteiger partial charge on any atom is -0.494 e. The van der Waals surface area contributed by atoms with Gasteiger partial charge >= 0.3 is 0 Å². The number of benzene rings is 1. The highest BCUT2D eigenvalue weighted by atomic mass is 16.5. The monoisotopic (exact) mass is 276 g/mol. The number of hydrogen-bond acceptors (Lipinski definition) is 3. The molecule has 0 saturated carbocycles. The fourth-order valence-corrected chi connectivity index (χ4v) is 2.90. The molecule has 0 radical (unpaired) electrons. The molecule has 0 bridgehead atoms. The quantitative estimate of drug-likeness (QED) is 0.893. The van der Waals surface area contributed by atoms with Crippen LogP contribution in [0.4, 0.5) is 5.69 Å². The smallest absolute Gasteiger partial charge is 0.119 e. The normalized spacial score (nSPS) is 23.1. The molecule has 2 rings (SSSR count). The van der Waals surface area contributed by atoms with Gasteiger partial charge in [-0.25, -0.2) is 0 Å². The van der Waals surface area contributed by atoms with Crippen molar-refractivity contribution in [3.8, 4) is 5.75 Å². The Balaban J connectivity index is 2.16. The van der Waals surface area contributed by atoms with E-state index in [2.05, 4.69) is 55.3 Å². The third kappa shape index (κ3) is 3.45. The van der Waals surface area contributed by atoms with E-state index in [9.17, 15) is 0 Å². The van der Waals surface area contributed by atoms with Crippen LogP contribution < -0.4 is 15.0 Å². The molecule has 112 valence electrons. The summed E-state index contributed by atoms with van der Waals surface area (Å²) in [6, 6.07) is 9.71. The molecule has 1 heterocycles. The lowest BCUT2D eigenvalue weighted by molar-refractivity contribution is 0.332. The summed E-state index contributed by atoms with van der Waals surface area (Å²) >= 11 is 0. The zero-order valence-electron chi connectivity index (χ0n) is 13.2. The van der Waals surface area contributed by atoms with Gasteiger partial charge in [-0.05, 0) is 43.5 Å². The molecule has 1 aliphatic rings. The largest absolute Gasteiger partial charge is 0.494 e. The first-order chi connectivity index (χ1) is 9.65. The first-order valence-electron chi connectivity index (χ1n) is 7.88. The first kappa shape index (κ1) is 15.2. The van der Waals surface area contributed by atoms with Gasteiger partial charge in [-0.1, -0.05) is 20.8 Å². The van der Waals surface area contributed by atoms with E-state index in [0.717, 1.165) is 25.4 Å². The summed E-state index contributed by atoms with van der Waals surface area (Å²) in [7, 11) is 0. The van der Waals surface area contributed by atoms with E-state index in [1.807, 2.05) is 6.92 Å². The number of piperazine rings is 1. The van der Waals surface area contributed by atoms with E-state index in [0.29, 0.717) is 18.0 Å². The second-order valence-corrected chi connectivity index (χ2v) is 5.90. The third-order valence-electron chi connectivity index (χ3n) is 4.17. The van der Waals surface area contributed by atoms with Crippen LogP contribution in [0.5, 0.6) is 5.75 Å². The van der Waals surface area contributed by atoms with Crippen LogP contribution in [0.1, 0.15) is 34.1 Å². The van der Waals surface area contributed by atoms with Crippen molar-refractivity contribution in [1.29, 1.82) is 0 Å². The van der Waals surface area contributed by atoms with Crippen molar-refractivity contribution in [3.05, 3.63) is 24.3 Å². The van der Waals surface area contributed by atoms with Crippen LogP contribution in [0.3, 0.4) is 0 Å². The molecule has 0 aromatic heterocycles. The standard InChI is InChI=1S/C17H28N2O/c1-5-14-12-19(17(11-18-14)13(3)4)15-7-9-16(10-8-15)20-6-2/h7-10,13-14,17-18H,5-6,11-12H2,1-4H3. The highest BCUT2D eigenvalue weighted by Crippen LogP contribution is 2.26. The zero-order valence-corrected chi connectivity index (χ0v) is 13.2. The maximum absolute atomic E-state index is 5.53. The van der Waals surface area contributed by atoms with Gasteiger partial charge in [-0.3, -0.25) is 0 Å². The Labute approximate surface area is 123 Å². The predicted molar refractivity (Wildman–Crippen MR) is 85.7 cm³/mol. The Morgan fingerprint density at radius 3 is 2.50 bits per heavy atom. The summed E-state index contributed by atoms with van der Waals surface area (Å²) in [5, 5.41) is 3.67. The molecule has 1 fully saturated rings. The maximum atomic E-state index is 5.53. The summed E-state index contributed by atoms with van der Waals surface area (Å²) in [6.07, 6.45) is 1.18. The van der Waals surface area contributed by atoms with Crippen LogP contribution in [-0.2, 0) is 0 Å². The molecule has 1 N–H and O–H groups in total. The van der Waals surface area contributed by atoms with Gasteiger partial charge in [0.15, 0.2) is 0 Å². The fourth-order valence-electron chi connectivity index (χ4n) is 2.90. The van der Waals surface area contributed by atoms with Gasteiger partial charge in [0.25, 0.3) is 0 Å². The Morgan fingerprint density at radius 2 is 1.95 bits per heavy atom. The van der Waals surface area contributed by atoms with E-state index in [1.54, 1.807) is 0 Å². The van der Waals surface area contributed by atoms with Crippen molar-refractivity contribution >= 4 is 5.69 Å². The first-order valence-corrected chi connectivity index (χ1v) is 7.88. The second kappa shape index (κ2) is 6.98. The van der Waals surface area contributed by atoms with Gasteiger partial charge in [-0.15, -0.1) is 0 Å². The molecule has 1 aromatic carbocycles. The maximum Gasteiger partial charge on any atom is 0.119 e. The highest BCUT2D eigenvalue weighted by molar-refractivity contribution is 5.51. The lowest BCUT2D eigenvalue weighted by atomic mass is 9.97. The Kier molecular flexibility index (Phi) is 5.30. The topological polar surface area (TPSA) is 24.5 Å². The zero-order chi connectivity index (χ0) is 14.5. The van der Waals surface area contributed by atoms with Crippen LogP contribution in [-0.4, -0.2) is 31.8 Å². The Hall–Kier alpha value is -1.22. The Morgan fingerprint density at radius 1 is 1.25 bits per heavy atom. The molecular weight excluding hydrogens is 248 g/mol. The lowest BCUT2D eigenvalue weighted by Gasteiger charge is -2.43. The highest BCUT2D eigenvalue weighted by Gasteiger charge is 2.29. The fraction of sp³-hybridized carbons (Fsp3) is 0.647. The summed E-state index contributed by atoms with van der Waals surface area (Å²) < 4.78 is 5.53. The average Bonchev–Trinajstić information content (AvgIpc) is 2.47. The average molecular weight is 276 g/mol. The predicted octanol–water partition coefficient (Wildman–Crippen LogP) is 3.30. The van der Waals surface area contributed by atoms with E-state index >= 15 is 0 Å². The second-order valence-electron chi connectivity index (χ2n) is 5.90. The molecule has 2 unspecified atom stereocenters. The molecular formula is C17H28N2O. The van der Waals surface area contributed by atoms with Crippen LogP contribution in [0.2, 0.25) is 0 Å². The van der Waals surface area contributed by atoms with Crippen molar-refractivity contribution < 1.29 is 4.74 Å². The van der Waals surface area contributed by atoms with Crippen LogP contribution in [0, 0.1) is 5.92 Å². The number of ether oxygens (including phenoxy) is 1. The molecule has 1 saturated heterocycles. The van der Waals surface area contributed by atoms with Gasteiger partial charge < -0.3 is 15.0 Å². The van der Waals surface area contributed by atoms with Crippen molar-refractivity contribution in [2.45, 2.75) is 46.2 Å². The summed E-state index contributed by atoms with van der Waals surface area (Å²) in [5.74, 6) is 1.60. The van der Waals surface area contributed by atoms with Gasteiger partial charge in [0.1, 0.15) is 5.75 Å². The molecule has 0 amide bonds. The van der Waals surface area contributed by atoms with Gasteiger partial charge in [0.2, 0.25) is 0 Å². The van der Waals surface area contributed by atoms with Gasteiger partial charge in [-0.2, -0.15) is 0 Å². The van der Waals surface area contributed by atoms with E-state index < -0.39 is 0 Å². The number of nitrogens with one attached hydrogen (secondary N) is 1. The molecule has 1 aromatic rings. The van der Waals surface area contributed by atoms with E-state index in [1.165, 1.54) is 12.1 Å². The minimum absolute atomic E-state index is 0.566. The lowest BCUT2D eigenvalue weighted by Crippen LogP contribution is -2.58. The number of rotatable bonds is 5. The molecule has 3 nitrogen and oxygen atoms in total. The van der Waals surface area contributed by atoms with E-state index in [-0.39, 0.29) is 0 Å². The Bertz CT molecular complexity index is 402. The number of anilines is 1. The summed E-state index contributed by atoms with van der Waals surface area (Å²) in [5.41, 5.74) is 1.31. The summed E-state index contributed by atoms with van der Waals surface area (Å²) in [4.78, 5) is 2.56. The van der Waals surface area contributed by atoms with Gasteiger partial charge in [0, 0.05) is 30.9 Å². The minimum atomic E-state index is 0.566. The van der Waals surface area contributed by atoms with Crippen molar-refractivity contribution in [1.82, 2.24) is 5.32 Å². The SMILES string of the molecule is CCOc1ccc(N2CC(CC)NCC2C(C)C)cc1. The van der Waals surface area contributed by atoms with Crippen LogP contribution >= 0.6 is 0 Å². The number of hydrogen-bond donors (Lipinski definition) is 1. The molecule has 2 atom stereocenters. The molecule has 1 aliphatic heterocycles. The molecule has 20 heavy (non-hydrogen) atoms. The third-order valence-corrected chi connectivity index (χ3v) is 4.17. The van der Waals surface area contributed by atoms with Crippen LogP contribution in [0.15, 0.2) is 24.3 Å². The summed E-state index contributed by atoms with van der Waals surface area (Å²) in [6.45, 7) is 11.8.